The lowest BCUT2D eigenvalue weighted by Gasteiger charge is -2.24. The quantitative estimate of drug-likeness (QED) is 0.643. The van der Waals surface area contributed by atoms with E-state index in [1.54, 1.807) is 36.7 Å². The number of nitrogens with zero attached hydrogens (tertiary/aromatic N) is 4. The molecule has 1 atom stereocenters. The van der Waals surface area contributed by atoms with Crippen LogP contribution < -0.4 is 9.64 Å². The molecule has 1 aliphatic heterocycles. The molecule has 158 valence electrons. The van der Waals surface area contributed by atoms with E-state index < -0.39 is 5.60 Å². The first-order valence-corrected chi connectivity index (χ1v) is 11.0. The fourth-order valence-corrected chi connectivity index (χ4v) is 4.85. The first-order valence-electron chi connectivity index (χ1n) is 10.1. The number of aromatic nitrogens is 3. The normalized spacial score (nSPS) is 19.5. The fourth-order valence-electron chi connectivity index (χ4n) is 3.66. The molecular weight excluding hydrogens is 403 g/mol. The van der Waals surface area contributed by atoms with Crippen molar-refractivity contribution in [3.63, 3.8) is 0 Å². The van der Waals surface area contributed by atoms with Gasteiger partial charge in [0, 0.05) is 43.2 Å². The number of aliphatic hydroxyl groups is 1. The number of benzene rings is 1. The van der Waals surface area contributed by atoms with Crippen LogP contribution in [0.3, 0.4) is 0 Å². The van der Waals surface area contributed by atoms with Crippen molar-refractivity contribution in [2.24, 2.45) is 0 Å². The van der Waals surface area contributed by atoms with Crippen LogP contribution in [-0.4, -0.2) is 39.8 Å². The van der Waals surface area contributed by atoms with Gasteiger partial charge in [-0.05, 0) is 38.0 Å². The second-order valence-corrected chi connectivity index (χ2v) is 8.56. The van der Waals surface area contributed by atoms with Crippen LogP contribution in [0.5, 0.6) is 5.75 Å². The summed E-state index contributed by atoms with van der Waals surface area (Å²) in [7, 11) is 0. The number of hydrogen-bond donors (Lipinski definition) is 1. The number of hydrogen-bond acceptors (Lipinski definition) is 7. The highest BCUT2D eigenvalue weighted by Gasteiger charge is 2.35. The lowest BCUT2D eigenvalue weighted by atomic mass is 9.96. The molecular formula is C22H25FN4O2S. The van der Waals surface area contributed by atoms with E-state index >= 15 is 0 Å². The van der Waals surface area contributed by atoms with Crippen LogP contribution in [-0.2, 0) is 12.0 Å². The van der Waals surface area contributed by atoms with E-state index in [1.807, 2.05) is 6.92 Å². The molecule has 8 heteroatoms. The van der Waals surface area contributed by atoms with E-state index in [9.17, 15) is 9.50 Å². The van der Waals surface area contributed by atoms with Crippen LogP contribution in [0.2, 0.25) is 0 Å². The second-order valence-electron chi connectivity index (χ2n) is 7.48. The minimum Gasteiger partial charge on any atom is -0.490 e. The van der Waals surface area contributed by atoms with Gasteiger partial charge in [-0.1, -0.05) is 12.1 Å². The zero-order chi connectivity index (χ0) is 21.0. The van der Waals surface area contributed by atoms with Crippen LogP contribution in [0, 0.1) is 12.7 Å². The fraction of sp³-hybridized carbons (Fsp3) is 0.409. The van der Waals surface area contributed by atoms with Crippen molar-refractivity contribution < 1.29 is 14.2 Å². The van der Waals surface area contributed by atoms with Gasteiger partial charge in [0.15, 0.2) is 11.6 Å². The SMILES string of the molecule is Cc1nc(C2(O)CCCN(c3ncccn3)CC2)sc1CCOc1ccccc1F. The number of anilines is 1. The van der Waals surface area contributed by atoms with Crippen molar-refractivity contribution in [3.05, 3.63) is 64.1 Å². The number of halogens is 1. The summed E-state index contributed by atoms with van der Waals surface area (Å²) in [4.78, 5) is 16.5. The summed E-state index contributed by atoms with van der Waals surface area (Å²) in [5, 5.41) is 12.1. The van der Waals surface area contributed by atoms with E-state index in [-0.39, 0.29) is 11.6 Å². The van der Waals surface area contributed by atoms with Gasteiger partial charge in [0.1, 0.15) is 10.6 Å². The van der Waals surface area contributed by atoms with Crippen molar-refractivity contribution in [2.45, 2.75) is 38.2 Å². The summed E-state index contributed by atoms with van der Waals surface area (Å²) >= 11 is 1.53. The van der Waals surface area contributed by atoms with Gasteiger partial charge in [0.2, 0.25) is 5.95 Å². The number of thiazole rings is 1. The molecule has 0 radical (unpaired) electrons. The summed E-state index contributed by atoms with van der Waals surface area (Å²) in [6, 6.07) is 8.20. The Hall–Kier alpha value is -2.58. The largest absolute Gasteiger partial charge is 0.490 e. The van der Waals surface area contributed by atoms with Crippen molar-refractivity contribution in [1.82, 2.24) is 15.0 Å². The molecule has 1 N–H and O–H groups in total. The Bertz CT molecular complexity index is 984. The van der Waals surface area contributed by atoms with Crippen molar-refractivity contribution >= 4 is 17.3 Å². The number of ether oxygens (including phenoxy) is 1. The third-order valence-electron chi connectivity index (χ3n) is 5.36. The standard InChI is InChI=1S/C22H25FN4O2S/c1-16-19(8-15-29-18-7-3-2-6-17(18)23)30-20(26-16)22(28)9-4-13-27(14-10-22)21-24-11-5-12-25-21/h2-3,5-7,11-12,28H,4,8-10,13-15H2,1H3. The molecule has 1 fully saturated rings. The van der Waals surface area contributed by atoms with Gasteiger partial charge in [0.05, 0.1) is 12.3 Å². The maximum absolute atomic E-state index is 13.7. The molecule has 0 bridgehead atoms. The third-order valence-corrected chi connectivity index (χ3v) is 6.77. The molecule has 2 aromatic heterocycles. The smallest absolute Gasteiger partial charge is 0.225 e. The molecule has 4 rings (SSSR count). The van der Waals surface area contributed by atoms with Crippen molar-refractivity contribution in [2.75, 3.05) is 24.6 Å². The molecule has 0 amide bonds. The summed E-state index contributed by atoms with van der Waals surface area (Å²) in [5.74, 6) is 0.590. The maximum Gasteiger partial charge on any atom is 0.225 e. The molecule has 1 aliphatic rings. The summed E-state index contributed by atoms with van der Waals surface area (Å²) in [6.07, 6.45) is 6.15. The zero-order valence-electron chi connectivity index (χ0n) is 16.9. The van der Waals surface area contributed by atoms with Crippen LogP contribution in [0.15, 0.2) is 42.7 Å². The van der Waals surface area contributed by atoms with E-state index in [0.717, 1.165) is 28.5 Å². The van der Waals surface area contributed by atoms with E-state index in [4.69, 9.17) is 4.74 Å². The minimum absolute atomic E-state index is 0.255. The molecule has 3 heterocycles. The molecule has 3 aromatic rings. The highest BCUT2D eigenvalue weighted by atomic mass is 32.1. The van der Waals surface area contributed by atoms with Crippen molar-refractivity contribution in [3.8, 4) is 5.75 Å². The average molecular weight is 429 g/mol. The lowest BCUT2D eigenvalue weighted by molar-refractivity contribution is 0.0241. The molecule has 1 saturated heterocycles. The van der Waals surface area contributed by atoms with Gasteiger partial charge in [-0.15, -0.1) is 11.3 Å². The van der Waals surface area contributed by atoms with Gasteiger partial charge in [-0.25, -0.2) is 19.3 Å². The predicted octanol–water partition coefficient (Wildman–Crippen LogP) is 3.88. The average Bonchev–Trinajstić information content (AvgIpc) is 3.01. The van der Waals surface area contributed by atoms with Crippen LogP contribution in [0.4, 0.5) is 10.3 Å². The summed E-state index contributed by atoms with van der Waals surface area (Å²) in [6.45, 7) is 3.79. The van der Waals surface area contributed by atoms with Crippen LogP contribution in [0.25, 0.3) is 0 Å². The number of rotatable bonds is 6. The molecule has 30 heavy (non-hydrogen) atoms. The highest BCUT2D eigenvalue weighted by Crippen LogP contribution is 2.37. The summed E-state index contributed by atoms with van der Waals surface area (Å²) < 4.78 is 19.3. The Morgan fingerprint density at radius 3 is 2.77 bits per heavy atom. The van der Waals surface area contributed by atoms with E-state index in [0.29, 0.717) is 38.4 Å². The maximum atomic E-state index is 13.7. The number of aryl methyl sites for hydroxylation is 1. The predicted molar refractivity (Wildman–Crippen MR) is 114 cm³/mol. The number of para-hydroxylation sites is 1. The van der Waals surface area contributed by atoms with Crippen LogP contribution in [0.1, 0.15) is 34.8 Å². The van der Waals surface area contributed by atoms with E-state index in [1.165, 1.54) is 17.4 Å². The van der Waals surface area contributed by atoms with E-state index in [2.05, 4.69) is 19.9 Å². The van der Waals surface area contributed by atoms with Crippen molar-refractivity contribution in [1.29, 1.82) is 0 Å². The topological polar surface area (TPSA) is 71.4 Å². The van der Waals surface area contributed by atoms with Gasteiger partial charge in [-0.3, -0.25) is 0 Å². The zero-order valence-corrected chi connectivity index (χ0v) is 17.7. The Kier molecular flexibility index (Phi) is 6.24. The lowest BCUT2D eigenvalue weighted by Crippen LogP contribution is -2.30. The Labute approximate surface area is 179 Å². The van der Waals surface area contributed by atoms with Gasteiger partial charge < -0.3 is 14.7 Å². The van der Waals surface area contributed by atoms with Gasteiger partial charge >= 0.3 is 0 Å². The molecule has 1 unspecified atom stereocenters. The Morgan fingerprint density at radius 2 is 1.97 bits per heavy atom. The molecule has 0 spiro atoms. The van der Waals surface area contributed by atoms with Gasteiger partial charge in [-0.2, -0.15) is 0 Å². The molecule has 6 nitrogen and oxygen atoms in total. The monoisotopic (exact) mass is 428 g/mol. The Morgan fingerprint density at radius 1 is 1.17 bits per heavy atom. The highest BCUT2D eigenvalue weighted by molar-refractivity contribution is 7.11. The van der Waals surface area contributed by atoms with Gasteiger partial charge in [0.25, 0.3) is 0 Å². The third kappa shape index (κ3) is 4.60. The first-order chi connectivity index (χ1) is 14.5. The molecule has 0 saturated carbocycles. The van der Waals surface area contributed by atoms with Crippen LogP contribution >= 0.6 is 11.3 Å². The first kappa shape index (κ1) is 20.7. The molecule has 1 aromatic carbocycles. The minimum atomic E-state index is -0.955. The Balaban J connectivity index is 1.41. The molecule has 0 aliphatic carbocycles. The second kappa shape index (κ2) is 9.06. The summed E-state index contributed by atoms with van der Waals surface area (Å²) in [5.41, 5.74) is -0.0584.